The number of rotatable bonds is 7. The van der Waals surface area contributed by atoms with E-state index in [0.717, 1.165) is 0 Å². The fourth-order valence-corrected chi connectivity index (χ4v) is 1.46. The summed E-state index contributed by atoms with van der Waals surface area (Å²) in [5, 5.41) is 2.73. The van der Waals surface area contributed by atoms with Crippen molar-refractivity contribution in [2.45, 2.75) is 13.8 Å². The van der Waals surface area contributed by atoms with Gasteiger partial charge in [0.2, 0.25) is 5.91 Å². The van der Waals surface area contributed by atoms with Gasteiger partial charge in [-0.3, -0.25) is 4.79 Å². The van der Waals surface area contributed by atoms with Crippen molar-refractivity contribution in [3.8, 4) is 11.5 Å². The topological polar surface area (TPSA) is 56.8 Å². The van der Waals surface area contributed by atoms with E-state index >= 15 is 0 Å². The van der Waals surface area contributed by atoms with Crippen LogP contribution < -0.4 is 14.8 Å². The largest absolute Gasteiger partial charge is 0.494 e. The van der Waals surface area contributed by atoms with Crippen LogP contribution in [0.2, 0.25) is 0 Å². The summed E-state index contributed by atoms with van der Waals surface area (Å²) in [6, 6.07) is 5.32. The molecule has 1 amide bonds. The van der Waals surface area contributed by atoms with Gasteiger partial charge in [-0.1, -0.05) is 0 Å². The Balaban J connectivity index is 2.88. The first-order valence-electron chi connectivity index (χ1n) is 5.89. The minimum Gasteiger partial charge on any atom is -0.494 e. The van der Waals surface area contributed by atoms with Crippen molar-refractivity contribution in [3.05, 3.63) is 18.2 Å². The van der Waals surface area contributed by atoms with Gasteiger partial charge < -0.3 is 19.5 Å². The normalized spacial score (nSPS) is 9.94. The summed E-state index contributed by atoms with van der Waals surface area (Å²) in [5.74, 6) is 1.08. The number of nitrogens with one attached hydrogen (secondary N) is 1. The summed E-state index contributed by atoms with van der Waals surface area (Å²) in [6.07, 6.45) is 0. The third-order valence-corrected chi connectivity index (χ3v) is 2.11. The first kappa shape index (κ1) is 14.3. The van der Waals surface area contributed by atoms with Crippen molar-refractivity contribution in [2.24, 2.45) is 0 Å². The molecule has 0 unspecified atom stereocenters. The second-order valence-corrected chi connectivity index (χ2v) is 3.51. The van der Waals surface area contributed by atoms with Crippen molar-refractivity contribution in [1.29, 1.82) is 0 Å². The van der Waals surface area contributed by atoms with Gasteiger partial charge in [0.1, 0.15) is 18.1 Å². The second kappa shape index (κ2) is 7.55. The summed E-state index contributed by atoms with van der Waals surface area (Å²) in [6.45, 7) is 4.89. The zero-order valence-electron chi connectivity index (χ0n) is 11.0. The highest BCUT2D eigenvalue weighted by Crippen LogP contribution is 2.29. The number of methoxy groups -OCH3 is 1. The first-order valence-corrected chi connectivity index (χ1v) is 5.89. The summed E-state index contributed by atoms with van der Waals surface area (Å²) in [4.78, 5) is 11.5. The molecule has 0 saturated carbocycles. The molecule has 0 saturated heterocycles. The Morgan fingerprint density at radius 2 is 1.94 bits per heavy atom. The van der Waals surface area contributed by atoms with E-state index < -0.39 is 0 Å². The second-order valence-electron chi connectivity index (χ2n) is 3.51. The van der Waals surface area contributed by atoms with Crippen LogP contribution in [0.4, 0.5) is 5.69 Å². The molecule has 5 heteroatoms. The minimum atomic E-state index is -0.230. The van der Waals surface area contributed by atoms with Crippen LogP contribution in [0, 0.1) is 0 Å². The molecule has 5 nitrogen and oxygen atoms in total. The molecule has 0 aromatic heterocycles. The van der Waals surface area contributed by atoms with Crippen LogP contribution in [0.15, 0.2) is 18.2 Å². The zero-order chi connectivity index (χ0) is 13.4. The Labute approximate surface area is 107 Å². The first-order chi connectivity index (χ1) is 8.71. The molecule has 0 aliphatic heterocycles. The van der Waals surface area contributed by atoms with Crippen LogP contribution in [0.25, 0.3) is 0 Å². The highest BCUT2D eigenvalue weighted by atomic mass is 16.5. The number of carbonyl (C=O) groups is 1. The van der Waals surface area contributed by atoms with E-state index in [0.29, 0.717) is 30.4 Å². The van der Waals surface area contributed by atoms with Gasteiger partial charge in [-0.2, -0.15) is 0 Å². The molecule has 0 aliphatic rings. The molecule has 1 aromatic carbocycles. The average molecular weight is 253 g/mol. The third kappa shape index (κ3) is 4.25. The Hall–Kier alpha value is -1.75. The lowest BCUT2D eigenvalue weighted by molar-refractivity contribution is -0.119. The number of amides is 1. The molecule has 0 aliphatic carbocycles. The van der Waals surface area contributed by atoms with Crippen LogP contribution in [0.1, 0.15) is 13.8 Å². The monoisotopic (exact) mass is 253 g/mol. The summed E-state index contributed by atoms with van der Waals surface area (Å²) in [5.41, 5.74) is 0.588. The van der Waals surface area contributed by atoms with Crippen molar-refractivity contribution < 1.29 is 19.0 Å². The molecule has 1 aromatic rings. The average Bonchev–Trinajstić information content (AvgIpc) is 2.33. The maximum atomic E-state index is 11.5. The minimum absolute atomic E-state index is 0.00439. The van der Waals surface area contributed by atoms with Crippen LogP contribution in [0.5, 0.6) is 11.5 Å². The Morgan fingerprint density at radius 3 is 2.56 bits per heavy atom. The lowest BCUT2D eigenvalue weighted by Crippen LogP contribution is -2.17. The fourth-order valence-electron chi connectivity index (χ4n) is 1.46. The zero-order valence-corrected chi connectivity index (χ0v) is 11.0. The van der Waals surface area contributed by atoms with E-state index in [4.69, 9.17) is 14.2 Å². The van der Waals surface area contributed by atoms with Crippen LogP contribution >= 0.6 is 0 Å². The number of ether oxygens (including phenoxy) is 3. The predicted octanol–water partition coefficient (Wildman–Crippen LogP) is 2.07. The van der Waals surface area contributed by atoms with Crippen LogP contribution in [-0.2, 0) is 9.53 Å². The highest BCUT2D eigenvalue weighted by molar-refractivity contribution is 5.93. The van der Waals surface area contributed by atoms with E-state index in [9.17, 15) is 4.79 Å². The number of benzene rings is 1. The maximum Gasteiger partial charge on any atom is 0.250 e. The van der Waals surface area contributed by atoms with Crippen molar-refractivity contribution in [2.75, 3.05) is 32.2 Å². The van der Waals surface area contributed by atoms with Gasteiger partial charge in [0.15, 0.2) is 0 Å². The molecular weight excluding hydrogens is 234 g/mol. The van der Waals surface area contributed by atoms with E-state index in [1.54, 1.807) is 18.2 Å². The van der Waals surface area contributed by atoms with Crippen molar-refractivity contribution in [3.63, 3.8) is 0 Å². The van der Waals surface area contributed by atoms with Gasteiger partial charge in [0.05, 0.1) is 18.9 Å². The Morgan fingerprint density at radius 1 is 1.22 bits per heavy atom. The molecule has 18 heavy (non-hydrogen) atoms. The lowest BCUT2D eigenvalue weighted by atomic mass is 10.2. The Kier molecular flexibility index (Phi) is 6.00. The SMILES string of the molecule is CCOc1ccc(OCC)c(NC(=O)COC)c1. The highest BCUT2D eigenvalue weighted by Gasteiger charge is 2.09. The Bertz CT molecular complexity index is 393. The van der Waals surface area contributed by atoms with E-state index in [-0.39, 0.29) is 12.5 Å². The number of hydrogen-bond acceptors (Lipinski definition) is 4. The molecule has 0 heterocycles. The van der Waals surface area contributed by atoms with E-state index in [1.807, 2.05) is 13.8 Å². The smallest absolute Gasteiger partial charge is 0.250 e. The number of carbonyl (C=O) groups excluding carboxylic acids is 1. The van der Waals surface area contributed by atoms with Gasteiger partial charge in [0, 0.05) is 13.2 Å². The van der Waals surface area contributed by atoms with Gasteiger partial charge in [-0.25, -0.2) is 0 Å². The van der Waals surface area contributed by atoms with Crippen LogP contribution in [-0.4, -0.2) is 32.8 Å². The standard InChI is InChI=1S/C13H19NO4/c1-4-17-10-6-7-12(18-5-2)11(8-10)14-13(15)9-16-3/h6-8H,4-5,9H2,1-3H3,(H,14,15). The van der Waals surface area contributed by atoms with Gasteiger partial charge in [0.25, 0.3) is 0 Å². The van der Waals surface area contributed by atoms with E-state index in [2.05, 4.69) is 5.32 Å². The van der Waals surface area contributed by atoms with Crippen molar-refractivity contribution >= 4 is 11.6 Å². The third-order valence-electron chi connectivity index (χ3n) is 2.11. The molecule has 0 atom stereocenters. The maximum absolute atomic E-state index is 11.5. The lowest BCUT2D eigenvalue weighted by Gasteiger charge is -2.13. The molecule has 0 spiro atoms. The predicted molar refractivity (Wildman–Crippen MR) is 69.3 cm³/mol. The van der Waals surface area contributed by atoms with Gasteiger partial charge >= 0.3 is 0 Å². The summed E-state index contributed by atoms with van der Waals surface area (Å²) >= 11 is 0. The quantitative estimate of drug-likeness (QED) is 0.808. The van der Waals surface area contributed by atoms with E-state index in [1.165, 1.54) is 7.11 Å². The van der Waals surface area contributed by atoms with Gasteiger partial charge in [-0.05, 0) is 26.0 Å². The molecule has 100 valence electrons. The molecule has 0 bridgehead atoms. The summed E-state index contributed by atoms with van der Waals surface area (Å²) < 4.78 is 15.6. The summed E-state index contributed by atoms with van der Waals surface area (Å²) in [7, 11) is 1.47. The number of anilines is 1. The fraction of sp³-hybridized carbons (Fsp3) is 0.462. The van der Waals surface area contributed by atoms with Crippen molar-refractivity contribution in [1.82, 2.24) is 0 Å². The molecule has 1 N–H and O–H groups in total. The number of hydrogen-bond donors (Lipinski definition) is 1. The molecular formula is C13H19NO4. The van der Waals surface area contributed by atoms with Gasteiger partial charge in [-0.15, -0.1) is 0 Å². The van der Waals surface area contributed by atoms with Crippen LogP contribution in [0.3, 0.4) is 0 Å². The molecule has 0 fully saturated rings. The molecule has 1 rings (SSSR count). The molecule has 0 radical (unpaired) electrons.